The van der Waals surface area contributed by atoms with Crippen molar-refractivity contribution in [2.45, 2.75) is 45.4 Å². The van der Waals surface area contributed by atoms with Crippen molar-refractivity contribution in [3.63, 3.8) is 0 Å². The summed E-state index contributed by atoms with van der Waals surface area (Å²) in [5, 5.41) is -0.00517. The van der Waals surface area contributed by atoms with Gasteiger partial charge in [0.15, 0.2) is 0 Å². The first kappa shape index (κ1) is 48.8. The molecule has 98 heavy (non-hydrogen) atoms. The Hall–Kier alpha value is -11.8. The molecule has 0 N–H and O–H groups in total. The summed E-state index contributed by atoms with van der Waals surface area (Å²) in [4.78, 5) is 7.12. The Labute approximate surface area is 584 Å². The summed E-state index contributed by atoms with van der Waals surface area (Å²) in [6.07, 6.45) is 0. The van der Waals surface area contributed by atoms with Gasteiger partial charge in [-0.05, 0) is 173 Å². The molecule has 462 valence electrons. The Morgan fingerprint density at radius 3 is 1.49 bits per heavy atom. The molecular formula is C91H66B2N4O. The number of anilines is 9. The second-order valence-electron chi connectivity index (χ2n) is 28.1. The van der Waals surface area contributed by atoms with Crippen LogP contribution in [0.5, 0.6) is 11.5 Å². The van der Waals surface area contributed by atoms with E-state index in [1.807, 2.05) is 30.3 Å². The molecule has 4 aliphatic heterocycles. The van der Waals surface area contributed by atoms with Crippen molar-refractivity contribution in [3.05, 3.63) is 326 Å². The first-order valence-corrected chi connectivity index (χ1v) is 33.8. The van der Waals surface area contributed by atoms with Crippen LogP contribution in [-0.2, 0) is 10.8 Å². The van der Waals surface area contributed by atoms with Gasteiger partial charge in [-0.15, -0.1) is 0 Å². The Morgan fingerprint density at radius 2 is 0.867 bits per heavy atom. The highest BCUT2D eigenvalue weighted by atomic mass is 16.5. The van der Waals surface area contributed by atoms with E-state index < -0.39 is 43.0 Å². The fraction of sp³-hybridized carbons (Fsp3) is 0.0769. The van der Waals surface area contributed by atoms with Crippen molar-refractivity contribution < 1.29 is 15.7 Å². The molecule has 0 unspecified atom stereocenters. The number of hydrogen-bond donors (Lipinski definition) is 0. The molecule has 5 aliphatic rings. The third-order valence-electron chi connectivity index (χ3n) is 21.3. The van der Waals surface area contributed by atoms with E-state index in [0.717, 1.165) is 129 Å². The zero-order chi connectivity index (χ0) is 72.2. The molecule has 0 amide bonds. The maximum atomic E-state index is 9.95. The summed E-state index contributed by atoms with van der Waals surface area (Å²) in [7, 11) is 0. The number of nitrogens with zero attached hydrogens (tertiary/aromatic N) is 4. The van der Waals surface area contributed by atoms with Crippen LogP contribution in [0.4, 0.5) is 51.2 Å². The van der Waals surface area contributed by atoms with E-state index in [0.29, 0.717) is 11.4 Å². The molecule has 0 bridgehead atoms. The summed E-state index contributed by atoms with van der Waals surface area (Å²) in [5.41, 5.74) is 26.4. The predicted molar refractivity (Wildman–Crippen MR) is 413 cm³/mol. The molecule has 1 aromatic heterocycles. The first-order valence-electron chi connectivity index (χ1n) is 37.8. The fourth-order valence-corrected chi connectivity index (χ4v) is 17.1. The van der Waals surface area contributed by atoms with E-state index in [4.69, 9.17) is 7.48 Å². The van der Waals surface area contributed by atoms with E-state index in [-0.39, 0.29) is 51.4 Å². The van der Waals surface area contributed by atoms with Gasteiger partial charge in [0.2, 0.25) is 0 Å². The van der Waals surface area contributed by atoms with Crippen LogP contribution in [0.3, 0.4) is 0 Å². The zero-order valence-corrected chi connectivity index (χ0v) is 54.7. The molecular weight excluding hydrogens is 1190 g/mol. The van der Waals surface area contributed by atoms with E-state index in [1.165, 1.54) is 22.3 Å². The lowest BCUT2D eigenvalue weighted by Crippen LogP contribution is -2.64. The number of para-hydroxylation sites is 6. The minimum atomic E-state index is -0.507. The molecule has 15 aromatic rings. The molecule has 0 radical (unpaired) electrons. The van der Waals surface area contributed by atoms with Gasteiger partial charge in [0, 0.05) is 78.9 Å². The highest BCUT2D eigenvalue weighted by Gasteiger charge is 2.49. The number of rotatable bonds is 7. The SMILES string of the molecule is [2H]c1c([2H])c([2H])c2c(c1[2H])c1c([2H])c([2H])c([2H])c([2H])c1n2-c1cc2c3c(c1)N(c1c(-c4ccccc4)cc(C(C)(C)C)cc1-c1ccccc1)c1ccccc1B3c1cc3c(cc1N2c1ccccc1)Oc1cc(-c2cccc4c2C(C)(C)c2ccccc2-4)cc2c1B3c1ccccc1N2c1ccccc1. The Bertz CT molecular complexity index is 6200. The van der Waals surface area contributed by atoms with Crippen LogP contribution < -0.4 is 52.2 Å². The third-order valence-corrected chi connectivity index (χ3v) is 21.3. The van der Waals surface area contributed by atoms with Gasteiger partial charge in [0.1, 0.15) is 11.5 Å². The minimum Gasteiger partial charge on any atom is -0.458 e. The van der Waals surface area contributed by atoms with Crippen LogP contribution >= 0.6 is 0 Å². The van der Waals surface area contributed by atoms with E-state index >= 15 is 0 Å². The average molecular weight is 1260 g/mol. The highest BCUT2D eigenvalue weighted by molar-refractivity contribution is 7.02. The van der Waals surface area contributed by atoms with Crippen LogP contribution in [0.25, 0.3) is 72.0 Å². The number of ether oxygens (including phenoxy) is 1. The molecule has 20 rings (SSSR count). The molecule has 5 nitrogen and oxygen atoms in total. The van der Waals surface area contributed by atoms with Crippen molar-refractivity contribution >= 4 is 119 Å². The number of hydrogen-bond acceptors (Lipinski definition) is 4. The van der Waals surface area contributed by atoms with Crippen molar-refractivity contribution in [1.82, 2.24) is 4.57 Å². The molecule has 0 saturated heterocycles. The van der Waals surface area contributed by atoms with Crippen molar-refractivity contribution in [1.29, 1.82) is 0 Å². The molecule has 5 heterocycles. The average Bonchev–Trinajstić information content (AvgIpc) is 0.839. The van der Waals surface area contributed by atoms with Crippen LogP contribution in [-0.4, -0.2) is 18.0 Å². The summed E-state index contributed by atoms with van der Waals surface area (Å²) in [6, 6.07) is 89.7. The number of benzene rings is 14. The second kappa shape index (κ2) is 21.1. The number of fused-ring (bicyclic) bond motifs is 14. The highest BCUT2D eigenvalue weighted by Crippen LogP contribution is 2.56. The molecule has 14 aromatic carbocycles. The Kier molecular flexibility index (Phi) is 10.5. The molecule has 0 atom stereocenters. The van der Waals surface area contributed by atoms with Crippen molar-refractivity contribution in [2.75, 3.05) is 14.7 Å². The third kappa shape index (κ3) is 8.17. The minimum absolute atomic E-state index is 0.00259. The molecule has 0 spiro atoms. The van der Waals surface area contributed by atoms with E-state index in [9.17, 15) is 8.22 Å². The first-order chi connectivity index (χ1) is 51.4. The van der Waals surface area contributed by atoms with Gasteiger partial charge in [-0.3, -0.25) is 0 Å². The maximum absolute atomic E-state index is 9.95. The number of aromatic nitrogens is 1. The second-order valence-corrected chi connectivity index (χ2v) is 28.1. The molecule has 1 aliphatic carbocycles. The largest absolute Gasteiger partial charge is 0.458 e. The Balaban J connectivity index is 0.918. The monoisotopic (exact) mass is 1260 g/mol. The van der Waals surface area contributed by atoms with Crippen LogP contribution in [0.1, 0.15) is 62.3 Å². The molecule has 7 heteroatoms. The topological polar surface area (TPSA) is 23.9 Å². The lowest BCUT2D eigenvalue weighted by Gasteiger charge is -2.46. The van der Waals surface area contributed by atoms with Gasteiger partial charge in [0.05, 0.1) is 33.4 Å². The van der Waals surface area contributed by atoms with Crippen LogP contribution in [0, 0.1) is 0 Å². The summed E-state index contributed by atoms with van der Waals surface area (Å²) in [6.45, 7) is 10.6. The Morgan fingerprint density at radius 1 is 0.367 bits per heavy atom. The zero-order valence-electron chi connectivity index (χ0n) is 62.7. The lowest BCUT2D eigenvalue weighted by atomic mass is 9.30. The molecule has 0 saturated carbocycles. The van der Waals surface area contributed by atoms with Gasteiger partial charge < -0.3 is 24.0 Å². The van der Waals surface area contributed by atoms with Crippen molar-refractivity contribution in [3.8, 4) is 61.7 Å². The summed E-state index contributed by atoms with van der Waals surface area (Å²) < 4.78 is 85.7. The van der Waals surface area contributed by atoms with E-state index in [1.54, 1.807) is 4.57 Å². The van der Waals surface area contributed by atoms with Crippen molar-refractivity contribution in [2.24, 2.45) is 0 Å². The van der Waals surface area contributed by atoms with Gasteiger partial charge in [-0.2, -0.15) is 0 Å². The lowest BCUT2D eigenvalue weighted by molar-refractivity contribution is 0.488. The summed E-state index contributed by atoms with van der Waals surface area (Å²) >= 11 is 0. The van der Waals surface area contributed by atoms with Gasteiger partial charge in [-0.1, -0.05) is 253 Å². The van der Waals surface area contributed by atoms with Gasteiger partial charge in [-0.25, -0.2) is 0 Å². The van der Waals surface area contributed by atoms with Crippen LogP contribution in [0.2, 0.25) is 0 Å². The molecule has 0 fully saturated rings. The van der Waals surface area contributed by atoms with Crippen LogP contribution in [0.15, 0.2) is 309 Å². The predicted octanol–water partition coefficient (Wildman–Crippen LogP) is 19.9. The fourth-order valence-electron chi connectivity index (χ4n) is 17.1. The smallest absolute Gasteiger partial charge is 0.256 e. The summed E-state index contributed by atoms with van der Waals surface area (Å²) in [5.74, 6) is 1.44. The van der Waals surface area contributed by atoms with E-state index in [2.05, 4.69) is 280 Å². The van der Waals surface area contributed by atoms with Gasteiger partial charge in [0.25, 0.3) is 13.4 Å². The standard InChI is InChI=1S/C91H66B2N4O/c1-90(2,3)60-51-69(57-29-10-6-11-30-57)89(70(52-60)58-31-12-7-13-32-58)97-79-48-27-23-44-73(79)92-74-55-75-84(56-80(74)95(62-35-16-9-17-36-62)82-53-63(54-83(97)87(82)92)96-76-45-24-19-38-66(76)67-39-20-25-46-77(67)96)98-85-50-59(64-40-28-41-68-65-37-18-21-42-71(65)91(4,5)86(64)68)49-81-88(85)93(75)72-43-22-26-47-78(72)94(81)61-33-14-8-15-34-61/h6-56H,1-5H3/i19D,20D,24D,25D,38D,39D,45D,46D. The normalized spacial score (nSPS) is 15.2. The van der Waals surface area contributed by atoms with Gasteiger partial charge >= 0.3 is 0 Å². The maximum Gasteiger partial charge on any atom is 0.256 e. The quantitative estimate of drug-likeness (QED) is 0.148.